The minimum atomic E-state index is -0.954. The molecule has 0 spiro atoms. The maximum Gasteiger partial charge on any atom is 0.312 e. The zero-order valence-electron chi connectivity index (χ0n) is 8.29. The molecule has 0 aromatic heterocycles. The standard InChI is InChI=1S/C9H16O4/c1-4-7(10)13-6-9(3,5-2)8(11)12/h4-6H2,1-3H3,(H,11,12)/t9-/m0/s1. The van der Waals surface area contributed by atoms with Gasteiger partial charge >= 0.3 is 11.9 Å². The third-order valence-corrected chi connectivity index (χ3v) is 2.14. The molecule has 0 bridgehead atoms. The van der Waals surface area contributed by atoms with Gasteiger partial charge in [-0.05, 0) is 13.3 Å². The Morgan fingerprint density at radius 3 is 2.23 bits per heavy atom. The predicted molar refractivity (Wildman–Crippen MR) is 47.3 cm³/mol. The summed E-state index contributed by atoms with van der Waals surface area (Å²) in [6, 6.07) is 0. The van der Waals surface area contributed by atoms with Gasteiger partial charge in [0.1, 0.15) is 6.61 Å². The van der Waals surface area contributed by atoms with Crippen molar-refractivity contribution in [1.29, 1.82) is 0 Å². The molecule has 0 saturated heterocycles. The maximum absolute atomic E-state index is 10.8. The van der Waals surface area contributed by atoms with Crippen LogP contribution in [0.15, 0.2) is 0 Å². The number of carbonyl (C=O) groups is 2. The molecule has 0 aliphatic heterocycles. The topological polar surface area (TPSA) is 63.6 Å². The number of ether oxygens (including phenoxy) is 1. The fourth-order valence-corrected chi connectivity index (χ4v) is 0.657. The summed E-state index contributed by atoms with van der Waals surface area (Å²) in [4.78, 5) is 21.5. The minimum absolute atomic E-state index is 0.0501. The molecule has 0 amide bonds. The Kier molecular flexibility index (Phi) is 4.45. The van der Waals surface area contributed by atoms with Crippen LogP contribution in [0.4, 0.5) is 0 Å². The summed E-state index contributed by atoms with van der Waals surface area (Å²) >= 11 is 0. The van der Waals surface area contributed by atoms with Crippen LogP contribution in [-0.4, -0.2) is 23.7 Å². The zero-order chi connectivity index (χ0) is 10.5. The Bertz CT molecular complexity index is 200. The summed E-state index contributed by atoms with van der Waals surface area (Å²) in [6.07, 6.45) is 0.721. The molecular weight excluding hydrogens is 172 g/mol. The van der Waals surface area contributed by atoms with Gasteiger partial charge in [0.15, 0.2) is 0 Å². The average Bonchev–Trinajstić information content (AvgIpc) is 2.13. The van der Waals surface area contributed by atoms with Gasteiger partial charge < -0.3 is 9.84 Å². The zero-order valence-corrected chi connectivity index (χ0v) is 8.29. The molecule has 0 fully saturated rings. The van der Waals surface area contributed by atoms with E-state index in [-0.39, 0.29) is 19.0 Å². The molecular formula is C9H16O4. The summed E-state index contributed by atoms with van der Waals surface area (Å²) in [5, 5.41) is 8.83. The Labute approximate surface area is 77.9 Å². The van der Waals surface area contributed by atoms with Crippen LogP contribution in [0.1, 0.15) is 33.6 Å². The van der Waals surface area contributed by atoms with Gasteiger partial charge in [-0.3, -0.25) is 9.59 Å². The number of carboxylic acids is 1. The van der Waals surface area contributed by atoms with Crippen molar-refractivity contribution in [3.63, 3.8) is 0 Å². The molecule has 0 heterocycles. The van der Waals surface area contributed by atoms with Crippen LogP contribution in [0.5, 0.6) is 0 Å². The van der Waals surface area contributed by atoms with Crippen LogP contribution in [-0.2, 0) is 14.3 Å². The van der Waals surface area contributed by atoms with Gasteiger partial charge in [0, 0.05) is 6.42 Å². The van der Waals surface area contributed by atoms with Crippen LogP contribution in [0.25, 0.3) is 0 Å². The summed E-state index contributed by atoms with van der Waals surface area (Å²) in [5.41, 5.74) is -0.954. The first-order chi connectivity index (χ1) is 5.96. The smallest absolute Gasteiger partial charge is 0.312 e. The van der Waals surface area contributed by atoms with Crippen LogP contribution in [0.2, 0.25) is 0 Å². The Morgan fingerprint density at radius 2 is 1.92 bits per heavy atom. The predicted octanol–water partition coefficient (Wildman–Crippen LogP) is 1.44. The quantitative estimate of drug-likeness (QED) is 0.663. The van der Waals surface area contributed by atoms with Gasteiger partial charge in [0.25, 0.3) is 0 Å². The molecule has 0 rings (SSSR count). The third kappa shape index (κ3) is 3.44. The summed E-state index contributed by atoms with van der Waals surface area (Å²) in [7, 11) is 0. The van der Waals surface area contributed by atoms with Gasteiger partial charge in [-0.25, -0.2) is 0 Å². The van der Waals surface area contributed by atoms with E-state index in [4.69, 9.17) is 9.84 Å². The number of aliphatic carboxylic acids is 1. The van der Waals surface area contributed by atoms with Crippen LogP contribution in [0, 0.1) is 5.41 Å². The number of hydrogen-bond acceptors (Lipinski definition) is 3. The van der Waals surface area contributed by atoms with Gasteiger partial charge in [0.05, 0.1) is 5.41 Å². The first kappa shape index (κ1) is 11.9. The maximum atomic E-state index is 10.8. The molecule has 4 heteroatoms. The highest BCUT2D eigenvalue weighted by Gasteiger charge is 2.32. The number of esters is 1. The molecule has 1 N–H and O–H groups in total. The number of hydrogen-bond donors (Lipinski definition) is 1. The van der Waals surface area contributed by atoms with Crippen molar-refractivity contribution in [1.82, 2.24) is 0 Å². The van der Waals surface area contributed by atoms with E-state index in [0.29, 0.717) is 6.42 Å². The molecule has 1 atom stereocenters. The van der Waals surface area contributed by atoms with E-state index in [9.17, 15) is 9.59 Å². The summed E-state index contributed by atoms with van der Waals surface area (Å²) < 4.78 is 4.79. The molecule has 4 nitrogen and oxygen atoms in total. The molecule has 0 aliphatic carbocycles. The normalized spacial score (nSPS) is 14.7. The van der Waals surface area contributed by atoms with Gasteiger partial charge in [-0.15, -0.1) is 0 Å². The lowest BCUT2D eigenvalue weighted by atomic mass is 9.89. The summed E-state index contributed by atoms with van der Waals surface area (Å²) in [5.74, 6) is -1.29. The number of carbonyl (C=O) groups excluding carboxylic acids is 1. The van der Waals surface area contributed by atoms with Crippen LogP contribution < -0.4 is 0 Å². The van der Waals surface area contributed by atoms with Crippen molar-refractivity contribution in [3.05, 3.63) is 0 Å². The van der Waals surface area contributed by atoms with Crippen molar-refractivity contribution in [2.45, 2.75) is 33.6 Å². The first-order valence-electron chi connectivity index (χ1n) is 4.35. The second kappa shape index (κ2) is 4.84. The Balaban J connectivity index is 4.13. The van der Waals surface area contributed by atoms with E-state index in [0.717, 1.165) is 0 Å². The van der Waals surface area contributed by atoms with E-state index < -0.39 is 11.4 Å². The van der Waals surface area contributed by atoms with E-state index in [1.54, 1.807) is 20.8 Å². The molecule has 13 heavy (non-hydrogen) atoms. The molecule has 0 aromatic rings. The highest BCUT2D eigenvalue weighted by Crippen LogP contribution is 2.21. The van der Waals surface area contributed by atoms with Crippen LogP contribution >= 0.6 is 0 Å². The van der Waals surface area contributed by atoms with Crippen LogP contribution in [0.3, 0.4) is 0 Å². The van der Waals surface area contributed by atoms with E-state index >= 15 is 0 Å². The van der Waals surface area contributed by atoms with E-state index in [1.807, 2.05) is 0 Å². The molecule has 76 valence electrons. The second-order valence-corrected chi connectivity index (χ2v) is 3.23. The molecule has 0 aromatic carbocycles. The highest BCUT2D eigenvalue weighted by molar-refractivity contribution is 5.75. The lowest BCUT2D eigenvalue weighted by Gasteiger charge is -2.21. The molecule has 0 saturated carbocycles. The molecule has 0 radical (unpaired) electrons. The van der Waals surface area contributed by atoms with E-state index in [1.165, 1.54) is 0 Å². The van der Waals surface area contributed by atoms with Crippen molar-refractivity contribution >= 4 is 11.9 Å². The monoisotopic (exact) mass is 188 g/mol. The molecule has 0 unspecified atom stereocenters. The highest BCUT2D eigenvalue weighted by atomic mass is 16.5. The lowest BCUT2D eigenvalue weighted by Crippen LogP contribution is -2.33. The SMILES string of the molecule is CCC(=O)OC[C@](C)(CC)C(=O)O. The van der Waals surface area contributed by atoms with Crippen molar-refractivity contribution < 1.29 is 19.4 Å². The minimum Gasteiger partial charge on any atom is -0.481 e. The van der Waals surface area contributed by atoms with Gasteiger partial charge in [-0.2, -0.15) is 0 Å². The van der Waals surface area contributed by atoms with Gasteiger partial charge in [-0.1, -0.05) is 13.8 Å². The molecule has 0 aliphatic rings. The van der Waals surface area contributed by atoms with Crippen molar-refractivity contribution in [2.24, 2.45) is 5.41 Å². The third-order valence-electron chi connectivity index (χ3n) is 2.14. The number of rotatable bonds is 5. The fourth-order valence-electron chi connectivity index (χ4n) is 0.657. The van der Waals surface area contributed by atoms with Gasteiger partial charge in [0.2, 0.25) is 0 Å². The number of carboxylic acid groups (broad SMARTS) is 1. The summed E-state index contributed by atoms with van der Waals surface area (Å²) in [6.45, 7) is 4.95. The van der Waals surface area contributed by atoms with Crippen molar-refractivity contribution in [2.75, 3.05) is 6.61 Å². The fraction of sp³-hybridized carbons (Fsp3) is 0.778. The Hall–Kier alpha value is -1.06. The second-order valence-electron chi connectivity index (χ2n) is 3.23. The Morgan fingerprint density at radius 1 is 1.38 bits per heavy atom. The first-order valence-corrected chi connectivity index (χ1v) is 4.35. The average molecular weight is 188 g/mol. The largest absolute Gasteiger partial charge is 0.481 e. The van der Waals surface area contributed by atoms with Crippen molar-refractivity contribution in [3.8, 4) is 0 Å². The lowest BCUT2D eigenvalue weighted by molar-refractivity contribution is -0.158. The van der Waals surface area contributed by atoms with E-state index in [2.05, 4.69) is 0 Å².